The number of halogens is 2. The first kappa shape index (κ1) is 18.2. The topological polar surface area (TPSA) is 71.4 Å². The lowest BCUT2D eigenvalue weighted by Crippen LogP contribution is -2.54. The number of urea groups is 1. The number of carbonyl (C=O) groups excluding carboxylic acids is 3. The summed E-state index contributed by atoms with van der Waals surface area (Å²) in [5.74, 6) is -1.46. The highest BCUT2D eigenvalue weighted by Crippen LogP contribution is 2.29. The zero-order chi connectivity index (χ0) is 19.2. The number of aromatic nitrogens is 1. The van der Waals surface area contributed by atoms with Gasteiger partial charge in [0, 0.05) is 18.4 Å². The van der Waals surface area contributed by atoms with E-state index in [0.29, 0.717) is 5.02 Å². The van der Waals surface area contributed by atoms with E-state index in [1.54, 1.807) is 0 Å². The second-order valence-corrected chi connectivity index (χ2v) is 6.76. The van der Waals surface area contributed by atoms with Gasteiger partial charge < -0.3 is 4.57 Å². The summed E-state index contributed by atoms with van der Waals surface area (Å²) in [5, 5.41) is 2.67. The van der Waals surface area contributed by atoms with Crippen molar-refractivity contribution >= 4 is 52.8 Å². The van der Waals surface area contributed by atoms with Crippen molar-refractivity contribution in [2.24, 2.45) is 7.05 Å². The molecule has 0 unspecified atom stereocenters. The molecule has 1 fully saturated rings. The van der Waals surface area contributed by atoms with Gasteiger partial charge in [0.25, 0.3) is 11.8 Å². The number of benzene rings is 1. The number of nitrogens with zero attached hydrogens (tertiary/aromatic N) is 2. The number of aryl methyl sites for hydroxylation is 1. The summed E-state index contributed by atoms with van der Waals surface area (Å²) in [6.45, 7) is 3.80. The van der Waals surface area contributed by atoms with Gasteiger partial charge in [0.2, 0.25) is 0 Å². The maximum atomic E-state index is 12.8. The molecule has 8 heteroatoms. The van der Waals surface area contributed by atoms with Crippen LogP contribution in [0.2, 0.25) is 10.0 Å². The van der Waals surface area contributed by atoms with E-state index in [4.69, 9.17) is 23.2 Å². The lowest BCUT2D eigenvalue weighted by Gasteiger charge is -2.26. The van der Waals surface area contributed by atoms with Gasteiger partial charge in [-0.15, -0.1) is 0 Å². The Balaban J connectivity index is 2.06. The summed E-state index contributed by atoms with van der Waals surface area (Å²) in [5.41, 5.74) is 2.70. The molecule has 1 saturated heterocycles. The minimum absolute atomic E-state index is 0.135. The third-order valence-electron chi connectivity index (χ3n) is 4.38. The Hall–Kier alpha value is -2.57. The Morgan fingerprint density at radius 1 is 1.04 bits per heavy atom. The van der Waals surface area contributed by atoms with Crippen molar-refractivity contribution in [3.63, 3.8) is 0 Å². The molecule has 26 heavy (non-hydrogen) atoms. The number of carbonyl (C=O) groups is 3. The summed E-state index contributed by atoms with van der Waals surface area (Å²) in [6, 6.07) is 5.38. The van der Waals surface area contributed by atoms with Crippen molar-refractivity contribution in [2.75, 3.05) is 4.90 Å². The van der Waals surface area contributed by atoms with E-state index < -0.39 is 17.8 Å². The molecule has 0 radical (unpaired) electrons. The maximum absolute atomic E-state index is 12.8. The highest BCUT2D eigenvalue weighted by Gasteiger charge is 2.37. The number of rotatable bonds is 2. The Kier molecular flexibility index (Phi) is 4.64. The first-order valence-corrected chi connectivity index (χ1v) is 8.45. The number of hydrogen-bond donors (Lipinski definition) is 1. The van der Waals surface area contributed by atoms with Crippen LogP contribution >= 0.6 is 23.2 Å². The molecule has 0 saturated carbocycles. The normalized spacial score (nSPS) is 16.4. The van der Waals surface area contributed by atoms with Gasteiger partial charge in [-0.3, -0.25) is 14.9 Å². The quantitative estimate of drug-likeness (QED) is 0.627. The molecule has 0 bridgehead atoms. The van der Waals surface area contributed by atoms with Crippen LogP contribution in [-0.4, -0.2) is 22.4 Å². The molecule has 3 rings (SSSR count). The summed E-state index contributed by atoms with van der Waals surface area (Å²) >= 11 is 11.9. The van der Waals surface area contributed by atoms with Crippen molar-refractivity contribution in [1.82, 2.24) is 9.88 Å². The molecule has 1 aliphatic heterocycles. The zero-order valence-electron chi connectivity index (χ0n) is 14.3. The van der Waals surface area contributed by atoms with E-state index in [2.05, 4.69) is 5.32 Å². The molecule has 2 aromatic rings. The summed E-state index contributed by atoms with van der Waals surface area (Å²) in [7, 11) is 1.89. The third-order valence-corrected chi connectivity index (χ3v) is 5.12. The van der Waals surface area contributed by atoms with Crippen LogP contribution in [0.5, 0.6) is 0 Å². The molecule has 2 heterocycles. The van der Waals surface area contributed by atoms with Gasteiger partial charge >= 0.3 is 6.03 Å². The van der Waals surface area contributed by atoms with Gasteiger partial charge in [-0.2, -0.15) is 0 Å². The second kappa shape index (κ2) is 6.63. The lowest BCUT2D eigenvalue weighted by molar-refractivity contribution is -0.122. The Labute approximate surface area is 160 Å². The van der Waals surface area contributed by atoms with Crippen molar-refractivity contribution in [3.8, 4) is 0 Å². The van der Waals surface area contributed by atoms with E-state index in [9.17, 15) is 14.4 Å². The number of amides is 4. The Morgan fingerprint density at radius 2 is 1.73 bits per heavy atom. The fraction of sp³-hybridized carbons (Fsp3) is 0.167. The number of barbiturate groups is 1. The van der Waals surface area contributed by atoms with Crippen molar-refractivity contribution in [3.05, 3.63) is 56.8 Å². The van der Waals surface area contributed by atoms with Gasteiger partial charge in [-0.25, -0.2) is 9.69 Å². The van der Waals surface area contributed by atoms with Crippen LogP contribution in [0.4, 0.5) is 10.5 Å². The molecule has 0 aliphatic carbocycles. The molecular formula is C18H15Cl2N3O3. The van der Waals surface area contributed by atoms with E-state index in [1.165, 1.54) is 24.3 Å². The minimum Gasteiger partial charge on any atom is -0.352 e. The van der Waals surface area contributed by atoms with Gasteiger partial charge in [-0.05, 0) is 49.8 Å². The Bertz CT molecular complexity index is 992. The standard InChI is InChI=1S/C18H15Cl2N3O3/c1-9-6-11(10(2)22(9)3)7-13-16(24)21-18(26)23(17(13)25)12-4-5-14(19)15(20)8-12/h4-8H,1-3H3,(H,21,24,26)/b13-7+. The fourth-order valence-electron chi connectivity index (χ4n) is 2.70. The van der Waals surface area contributed by atoms with Gasteiger partial charge in [0.05, 0.1) is 15.7 Å². The van der Waals surface area contributed by atoms with Crippen LogP contribution in [-0.2, 0) is 16.6 Å². The van der Waals surface area contributed by atoms with Gasteiger partial charge in [0.15, 0.2) is 0 Å². The summed E-state index contributed by atoms with van der Waals surface area (Å²) in [6.07, 6.45) is 1.48. The summed E-state index contributed by atoms with van der Waals surface area (Å²) < 4.78 is 1.94. The molecule has 1 aromatic carbocycles. The molecular weight excluding hydrogens is 377 g/mol. The van der Waals surface area contributed by atoms with Crippen LogP contribution < -0.4 is 10.2 Å². The number of anilines is 1. The molecule has 0 atom stereocenters. The smallest absolute Gasteiger partial charge is 0.335 e. The first-order chi connectivity index (χ1) is 12.2. The second-order valence-electron chi connectivity index (χ2n) is 5.94. The predicted molar refractivity (Wildman–Crippen MR) is 100 cm³/mol. The van der Waals surface area contributed by atoms with Crippen LogP contribution in [0.1, 0.15) is 17.0 Å². The molecule has 0 spiro atoms. The van der Waals surface area contributed by atoms with Crippen LogP contribution in [0.15, 0.2) is 29.8 Å². The lowest BCUT2D eigenvalue weighted by atomic mass is 10.1. The zero-order valence-corrected chi connectivity index (χ0v) is 15.8. The highest BCUT2D eigenvalue weighted by atomic mass is 35.5. The molecule has 1 aromatic heterocycles. The molecule has 1 aliphatic rings. The molecule has 1 N–H and O–H groups in total. The molecule has 4 amide bonds. The van der Waals surface area contributed by atoms with E-state index in [0.717, 1.165) is 21.9 Å². The minimum atomic E-state index is -0.837. The molecule has 6 nitrogen and oxygen atoms in total. The largest absolute Gasteiger partial charge is 0.352 e. The van der Waals surface area contributed by atoms with Crippen molar-refractivity contribution < 1.29 is 14.4 Å². The third kappa shape index (κ3) is 3.02. The van der Waals surface area contributed by atoms with E-state index in [1.807, 2.05) is 31.5 Å². The van der Waals surface area contributed by atoms with Crippen LogP contribution in [0, 0.1) is 13.8 Å². The number of imide groups is 2. The Morgan fingerprint density at radius 3 is 2.31 bits per heavy atom. The van der Waals surface area contributed by atoms with Crippen LogP contribution in [0.3, 0.4) is 0 Å². The maximum Gasteiger partial charge on any atom is 0.335 e. The SMILES string of the molecule is Cc1cc(/C=C2\C(=O)NC(=O)N(c3ccc(Cl)c(Cl)c3)C2=O)c(C)n1C. The monoisotopic (exact) mass is 391 g/mol. The summed E-state index contributed by atoms with van der Waals surface area (Å²) in [4.78, 5) is 38.1. The molecule has 134 valence electrons. The van der Waals surface area contributed by atoms with Crippen LogP contribution in [0.25, 0.3) is 6.08 Å². The van der Waals surface area contributed by atoms with Crippen molar-refractivity contribution in [2.45, 2.75) is 13.8 Å². The average molecular weight is 392 g/mol. The fourth-order valence-corrected chi connectivity index (χ4v) is 2.99. The first-order valence-electron chi connectivity index (χ1n) is 7.70. The average Bonchev–Trinajstić information content (AvgIpc) is 2.81. The van der Waals surface area contributed by atoms with Crippen molar-refractivity contribution in [1.29, 1.82) is 0 Å². The number of hydrogen-bond acceptors (Lipinski definition) is 3. The highest BCUT2D eigenvalue weighted by molar-refractivity contribution is 6.43. The van der Waals surface area contributed by atoms with Gasteiger partial charge in [-0.1, -0.05) is 23.2 Å². The predicted octanol–water partition coefficient (Wildman–Crippen LogP) is 3.62. The van der Waals surface area contributed by atoms with Gasteiger partial charge in [0.1, 0.15) is 5.57 Å². The van der Waals surface area contributed by atoms with E-state index in [-0.39, 0.29) is 16.3 Å². The number of nitrogens with one attached hydrogen (secondary N) is 1. The van der Waals surface area contributed by atoms with E-state index >= 15 is 0 Å².